The number of β-amino-alcohol motifs (C(OH)–C–C–N with tert-alkyl or cyclic N) is 1. The van der Waals surface area contributed by atoms with Gasteiger partial charge in [-0.3, -0.25) is 19.6 Å². The summed E-state index contributed by atoms with van der Waals surface area (Å²) in [6, 6.07) is 10.2. The highest BCUT2D eigenvalue weighted by molar-refractivity contribution is 5.90. The van der Waals surface area contributed by atoms with Crippen LogP contribution in [-0.2, 0) is 17.9 Å². The highest BCUT2D eigenvalue weighted by Gasteiger charge is 2.31. The smallest absolute Gasteiger partial charge is 0.267 e. The first kappa shape index (κ1) is 19.3. The Morgan fingerprint density at radius 2 is 2.07 bits per heavy atom. The van der Waals surface area contributed by atoms with Gasteiger partial charge in [0.1, 0.15) is 0 Å². The van der Waals surface area contributed by atoms with Crippen molar-refractivity contribution in [2.45, 2.75) is 45.5 Å². The fourth-order valence-electron chi connectivity index (χ4n) is 3.58. The average Bonchev–Trinajstić information content (AvgIpc) is 3.15. The Labute approximate surface area is 158 Å². The molecule has 3 rings (SSSR count). The summed E-state index contributed by atoms with van der Waals surface area (Å²) in [4.78, 5) is 13.3. The number of hydrogen-bond acceptors (Lipinski definition) is 5. The highest BCUT2D eigenvalue weighted by Crippen LogP contribution is 2.23. The van der Waals surface area contributed by atoms with Crippen LogP contribution in [0.15, 0.2) is 36.4 Å². The topological polar surface area (TPSA) is 90.6 Å². The highest BCUT2D eigenvalue weighted by atomic mass is 16.5. The maximum absolute atomic E-state index is 11.0. The zero-order valence-electron chi connectivity index (χ0n) is 15.7. The number of nitrogens with zero attached hydrogens (tertiary/aromatic N) is 3. The quantitative estimate of drug-likeness (QED) is 0.409. The van der Waals surface area contributed by atoms with E-state index in [9.17, 15) is 9.90 Å². The molecule has 0 bridgehead atoms. The predicted molar refractivity (Wildman–Crippen MR) is 102 cm³/mol. The van der Waals surface area contributed by atoms with Crippen molar-refractivity contribution in [2.24, 2.45) is 0 Å². The number of hydrogen-bond donors (Lipinski definition) is 3. The minimum atomic E-state index is -0.558. The first-order valence-electron chi connectivity index (χ1n) is 9.09. The molecule has 2 heterocycles. The number of aliphatic hydroxyl groups is 1. The first-order valence-corrected chi connectivity index (χ1v) is 9.09. The molecule has 7 heteroatoms. The van der Waals surface area contributed by atoms with Gasteiger partial charge >= 0.3 is 0 Å². The molecule has 1 aromatic heterocycles. The average molecular weight is 370 g/mol. The molecule has 1 aromatic carbocycles. The van der Waals surface area contributed by atoms with Crippen molar-refractivity contribution in [1.82, 2.24) is 20.2 Å². The van der Waals surface area contributed by atoms with Crippen LogP contribution in [0.3, 0.4) is 0 Å². The summed E-state index contributed by atoms with van der Waals surface area (Å²) in [6.07, 6.45) is 3.35. The predicted octanol–water partition coefficient (Wildman–Crippen LogP) is 1.65. The second kappa shape index (κ2) is 8.47. The molecule has 1 saturated heterocycles. The molecule has 144 valence electrons. The van der Waals surface area contributed by atoms with E-state index in [0.717, 1.165) is 42.0 Å². The van der Waals surface area contributed by atoms with Crippen molar-refractivity contribution < 1.29 is 15.1 Å². The number of likely N-dealkylation sites (tertiary alicyclic amines) is 1. The third-order valence-corrected chi connectivity index (χ3v) is 4.90. The van der Waals surface area contributed by atoms with E-state index in [4.69, 9.17) is 5.21 Å². The van der Waals surface area contributed by atoms with Gasteiger partial charge in [-0.1, -0.05) is 24.3 Å². The van der Waals surface area contributed by atoms with Crippen LogP contribution in [-0.4, -0.2) is 49.6 Å². The van der Waals surface area contributed by atoms with Gasteiger partial charge in [-0.15, -0.1) is 0 Å². The van der Waals surface area contributed by atoms with Crippen LogP contribution in [0, 0.1) is 13.8 Å². The van der Waals surface area contributed by atoms with E-state index in [1.807, 2.05) is 35.9 Å². The van der Waals surface area contributed by atoms with E-state index in [2.05, 4.69) is 23.0 Å². The monoisotopic (exact) mass is 370 g/mol. The molecule has 1 amide bonds. The Kier molecular flexibility index (Phi) is 6.05. The van der Waals surface area contributed by atoms with Crippen LogP contribution < -0.4 is 5.48 Å². The number of carbonyl (C=O) groups excluding carboxylic acids is 1. The molecular weight excluding hydrogens is 344 g/mol. The van der Waals surface area contributed by atoms with Gasteiger partial charge in [-0.2, -0.15) is 5.10 Å². The molecule has 0 spiro atoms. The molecule has 3 N–H and O–H groups in total. The van der Waals surface area contributed by atoms with Crippen molar-refractivity contribution in [2.75, 3.05) is 6.54 Å². The SMILES string of the molecule is Cc1cc(C)n(C[C@H]2C[C@@H](O)CN2Cc2ccc(C=CC(=O)NO)cc2)n1. The van der Waals surface area contributed by atoms with Crippen molar-refractivity contribution in [3.63, 3.8) is 0 Å². The van der Waals surface area contributed by atoms with Crippen LogP contribution in [0.25, 0.3) is 6.08 Å². The number of benzene rings is 1. The third-order valence-electron chi connectivity index (χ3n) is 4.90. The van der Waals surface area contributed by atoms with E-state index in [1.54, 1.807) is 11.6 Å². The van der Waals surface area contributed by atoms with E-state index >= 15 is 0 Å². The van der Waals surface area contributed by atoms with Gasteiger partial charge < -0.3 is 5.11 Å². The number of aromatic nitrogens is 2. The van der Waals surface area contributed by atoms with Gasteiger partial charge in [0.05, 0.1) is 18.3 Å². The van der Waals surface area contributed by atoms with Crippen LogP contribution >= 0.6 is 0 Å². The molecule has 1 fully saturated rings. The van der Waals surface area contributed by atoms with Crippen LogP contribution in [0.2, 0.25) is 0 Å². The summed E-state index contributed by atoms with van der Waals surface area (Å²) in [6.45, 7) is 6.22. The van der Waals surface area contributed by atoms with Gasteiger partial charge in [-0.25, -0.2) is 5.48 Å². The number of nitrogens with one attached hydrogen (secondary N) is 1. The van der Waals surface area contributed by atoms with Crippen LogP contribution in [0.1, 0.15) is 28.9 Å². The zero-order chi connectivity index (χ0) is 19.4. The molecule has 1 aliphatic rings. The molecule has 1 aliphatic heterocycles. The fraction of sp³-hybridized carbons (Fsp3) is 0.400. The Morgan fingerprint density at radius 3 is 2.70 bits per heavy atom. The van der Waals surface area contributed by atoms with Crippen LogP contribution in [0.4, 0.5) is 0 Å². The second-order valence-corrected chi connectivity index (χ2v) is 7.13. The summed E-state index contributed by atoms with van der Waals surface area (Å²) in [7, 11) is 0. The number of aliphatic hydroxyl groups excluding tert-OH is 1. The molecule has 7 nitrogen and oxygen atoms in total. The van der Waals surface area contributed by atoms with Crippen molar-refractivity contribution in [3.8, 4) is 0 Å². The molecule has 2 atom stereocenters. The molecule has 0 saturated carbocycles. The van der Waals surface area contributed by atoms with E-state index in [-0.39, 0.29) is 12.1 Å². The Balaban J connectivity index is 1.65. The summed E-state index contributed by atoms with van der Waals surface area (Å²) in [5.74, 6) is -0.558. The Morgan fingerprint density at radius 1 is 1.33 bits per heavy atom. The molecule has 0 aliphatic carbocycles. The third kappa shape index (κ3) is 5.03. The number of carbonyl (C=O) groups is 1. The van der Waals surface area contributed by atoms with E-state index in [1.165, 1.54) is 6.08 Å². The molecule has 27 heavy (non-hydrogen) atoms. The number of aryl methyl sites for hydroxylation is 2. The molecule has 0 radical (unpaired) electrons. The minimum absolute atomic E-state index is 0.242. The lowest BCUT2D eigenvalue weighted by atomic mass is 10.1. The van der Waals surface area contributed by atoms with Gasteiger partial charge in [-0.05, 0) is 43.5 Å². The van der Waals surface area contributed by atoms with Crippen molar-refractivity contribution in [1.29, 1.82) is 0 Å². The Bertz CT molecular complexity index is 813. The van der Waals surface area contributed by atoms with E-state index < -0.39 is 5.91 Å². The fourth-order valence-corrected chi connectivity index (χ4v) is 3.58. The lowest BCUT2D eigenvalue weighted by molar-refractivity contribution is -0.124. The molecule has 2 aromatic rings. The van der Waals surface area contributed by atoms with Gasteiger partial charge in [0.2, 0.25) is 0 Å². The molecule has 0 unspecified atom stereocenters. The summed E-state index contributed by atoms with van der Waals surface area (Å²) >= 11 is 0. The van der Waals surface area contributed by atoms with Gasteiger partial charge in [0, 0.05) is 30.9 Å². The van der Waals surface area contributed by atoms with Crippen molar-refractivity contribution >= 4 is 12.0 Å². The first-order chi connectivity index (χ1) is 12.9. The largest absolute Gasteiger partial charge is 0.392 e. The standard InChI is InChI=1S/C20H26N4O3/c1-14-9-15(2)24(21-14)12-18-10-19(25)13-23(18)11-17-5-3-16(4-6-17)7-8-20(26)22-27/h3-9,18-19,25,27H,10-13H2,1-2H3,(H,22,26)/t18-,19-/m1/s1. The van der Waals surface area contributed by atoms with E-state index in [0.29, 0.717) is 6.54 Å². The maximum Gasteiger partial charge on any atom is 0.267 e. The normalized spacial score (nSPS) is 20.4. The number of rotatable bonds is 6. The van der Waals surface area contributed by atoms with Gasteiger partial charge in [0.15, 0.2) is 0 Å². The molecular formula is C20H26N4O3. The summed E-state index contributed by atoms with van der Waals surface area (Å²) < 4.78 is 2.02. The number of hydroxylamine groups is 1. The zero-order valence-corrected chi connectivity index (χ0v) is 15.7. The van der Waals surface area contributed by atoms with Crippen LogP contribution in [0.5, 0.6) is 0 Å². The van der Waals surface area contributed by atoms with Crippen molar-refractivity contribution in [3.05, 3.63) is 58.9 Å². The second-order valence-electron chi connectivity index (χ2n) is 7.13. The minimum Gasteiger partial charge on any atom is -0.392 e. The van der Waals surface area contributed by atoms with Gasteiger partial charge in [0.25, 0.3) is 5.91 Å². The summed E-state index contributed by atoms with van der Waals surface area (Å²) in [5.41, 5.74) is 5.73. The number of amides is 1. The summed E-state index contributed by atoms with van der Waals surface area (Å²) in [5, 5.41) is 23.2. The maximum atomic E-state index is 11.0. The Hall–Kier alpha value is -2.48. The lowest BCUT2D eigenvalue weighted by Gasteiger charge is -2.24. The lowest BCUT2D eigenvalue weighted by Crippen LogP contribution is -2.33.